The summed E-state index contributed by atoms with van der Waals surface area (Å²) in [5.74, 6) is 0.825. The van der Waals surface area contributed by atoms with Gasteiger partial charge in [0.2, 0.25) is 0 Å². The summed E-state index contributed by atoms with van der Waals surface area (Å²) in [6, 6.07) is 7.28. The van der Waals surface area contributed by atoms with E-state index in [9.17, 15) is 9.59 Å². The van der Waals surface area contributed by atoms with Crippen molar-refractivity contribution in [2.75, 3.05) is 6.61 Å². The minimum atomic E-state index is -0.209. The number of benzene rings is 1. The Kier molecular flexibility index (Phi) is 6.33. The van der Waals surface area contributed by atoms with Crippen molar-refractivity contribution in [3.8, 4) is 5.75 Å². The highest BCUT2D eigenvalue weighted by molar-refractivity contribution is 8.04. The number of hydrogen-bond acceptors (Lipinski definition) is 4. The van der Waals surface area contributed by atoms with Gasteiger partial charge in [0.25, 0.3) is 11.8 Å². The van der Waals surface area contributed by atoms with Crippen molar-refractivity contribution >= 4 is 29.1 Å². The lowest BCUT2D eigenvalue weighted by Gasteiger charge is -2.19. The van der Waals surface area contributed by atoms with Gasteiger partial charge >= 0.3 is 0 Å². The van der Waals surface area contributed by atoms with Gasteiger partial charge in [-0.15, -0.1) is 11.8 Å². The fourth-order valence-corrected chi connectivity index (χ4v) is 3.57. The van der Waals surface area contributed by atoms with Gasteiger partial charge in [-0.2, -0.15) is 0 Å². The van der Waals surface area contributed by atoms with Crippen molar-refractivity contribution in [2.45, 2.75) is 52.8 Å². The molecule has 0 saturated heterocycles. The molecule has 0 aromatic heterocycles. The number of amides is 2. The van der Waals surface area contributed by atoms with Gasteiger partial charge < -0.3 is 4.74 Å². The molecule has 1 aliphatic heterocycles. The van der Waals surface area contributed by atoms with Crippen molar-refractivity contribution in [2.24, 2.45) is 5.92 Å². The summed E-state index contributed by atoms with van der Waals surface area (Å²) in [4.78, 5) is 27.5. The van der Waals surface area contributed by atoms with E-state index in [0.717, 1.165) is 11.3 Å². The van der Waals surface area contributed by atoms with Gasteiger partial charge in [0.05, 0.1) is 17.1 Å². The fraction of sp³-hybridized carbons (Fsp3) is 0.500. The van der Waals surface area contributed by atoms with Crippen LogP contribution in [0.1, 0.15) is 47.1 Å². The Morgan fingerprint density at radius 3 is 2.04 bits per heavy atom. The number of nitrogens with zero attached hydrogens (tertiary/aromatic N) is 1. The van der Waals surface area contributed by atoms with Crippen LogP contribution in [-0.4, -0.2) is 34.6 Å². The molecule has 0 N–H and O–H groups in total. The molecule has 0 fully saturated rings. The number of thioether (sulfide) groups is 1. The summed E-state index contributed by atoms with van der Waals surface area (Å²) in [5, 5.41) is 0.225. The third-order valence-corrected chi connectivity index (χ3v) is 4.75. The van der Waals surface area contributed by atoms with Crippen LogP contribution in [0.2, 0.25) is 0 Å². The molecule has 5 heteroatoms. The second-order valence-electron chi connectivity index (χ2n) is 7.17. The highest BCUT2D eigenvalue weighted by Crippen LogP contribution is 2.39. The van der Waals surface area contributed by atoms with Crippen LogP contribution in [0.5, 0.6) is 5.75 Å². The third-order valence-electron chi connectivity index (χ3n) is 3.67. The summed E-state index contributed by atoms with van der Waals surface area (Å²) in [5.41, 5.74) is 1.27. The first-order chi connectivity index (χ1) is 11.7. The maximum Gasteiger partial charge on any atom is 0.268 e. The van der Waals surface area contributed by atoms with Gasteiger partial charge in [-0.05, 0) is 37.5 Å². The van der Waals surface area contributed by atoms with E-state index in [-0.39, 0.29) is 23.1 Å². The van der Waals surface area contributed by atoms with E-state index in [0.29, 0.717) is 23.0 Å². The van der Waals surface area contributed by atoms with Crippen LogP contribution < -0.4 is 4.74 Å². The average molecular weight is 362 g/mol. The minimum Gasteiger partial charge on any atom is -0.493 e. The van der Waals surface area contributed by atoms with E-state index in [2.05, 4.69) is 13.8 Å². The Balaban J connectivity index is 2.36. The normalized spacial score (nSPS) is 15.3. The highest BCUT2D eigenvalue weighted by atomic mass is 32.2. The second kappa shape index (κ2) is 8.09. The third kappa shape index (κ3) is 4.46. The molecule has 1 aromatic rings. The van der Waals surface area contributed by atoms with E-state index < -0.39 is 0 Å². The summed E-state index contributed by atoms with van der Waals surface area (Å²) in [6.45, 7) is 12.6. The lowest BCUT2D eigenvalue weighted by Crippen LogP contribution is -2.37. The van der Waals surface area contributed by atoms with Gasteiger partial charge in [-0.3, -0.25) is 14.5 Å². The van der Waals surface area contributed by atoms with Crippen LogP contribution in [0, 0.1) is 5.92 Å². The Labute approximate surface area is 154 Å². The summed E-state index contributed by atoms with van der Waals surface area (Å²) in [6.07, 6.45) is 0. The summed E-state index contributed by atoms with van der Waals surface area (Å²) >= 11 is 1.45. The largest absolute Gasteiger partial charge is 0.493 e. The van der Waals surface area contributed by atoms with Gasteiger partial charge in [0, 0.05) is 11.3 Å². The molecule has 25 heavy (non-hydrogen) atoms. The Morgan fingerprint density at radius 1 is 0.960 bits per heavy atom. The van der Waals surface area contributed by atoms with E-state index in [4.69, 9.17) is 4.74 Å². The fourth-order valence-electron chi connectivity index (χ4n) is 2.58. The summed E-state index contributed by atoms with van der Waals surface area (Å²) in [7, 11) is 0. The van der Waals surface area contributed by atoms with Crippen molar-refractivity contribution in [1.29, 1.82) is 0 Å². The van der Waals surface area contributed by atoms with Gasteiger partial charge in [-0.25, -0.2) is 0 Å². The molecule has 0 aliphatic carbocycles. The predicted octanol–water partition coefficient (Wildman–Crippen LogP) is 4.35. The number of hydrogen-bond donors (Lipinski definition) is 0. The first-order valence-electron chi connectivity index (χ1n) is 8.74. The van der Waals surface area contributed by atoms with Crippen LogP contribution in [0.25, 0.3) is 5.57 Å². The first kappa shape index (κ1) is 19.6. The van der Waals surface area contributed by atoms with E-state index in [1.165, 1.54) is 16.7 Å². The molecule has 2 amide bonds. The molecule has 0 unspecified atom stereocenters. The molecule has 1 aliphatic rings. The van der Waals surface area contributed by atoms with E-state index in [1.807, 2.05) is 52.0 Å². The quantitative estimate of drug-likeness (QED) is 0.677. The van der Waals surface area contributed by atoms with E-state index >= 15 is 0 Å². The Morgan fingerprint density at radius 2 is 1.56 bits per heavy atom. The lowest BCUT2D eigenvalue weighted by molar-refractivity contribution is -0.138. The Hall–Kier alpha value is -1.75. The number of carbonyl (C=O) groups is 2. The van der Waals surface area contributed by atoms with Crippen molar-refractivity contribution in [1.82, 2.24) is 4.90 Å². The second-order valence-corrected chi connectivity index (χ2v) is 8.76. The number of rotatable bonds is 7. The van der Waals surface area contributed by atoms with Crippen LogP contribution >= 0.6 is 11.8 Å². The first-order valence-corrected chi connectivity index (χ1v) is 9.62. The standard InChI is InChI=1S/C20H27NO3S/c1-12(2)11-24-16-9-7-15(8-10-16)17-18(25-14(5)6)20(23)21(13(3)4)19(17)22/h7-10,12-14H,11H2,1-6H3. The number of imide groups is 1. The topological polar surface area (TPSA) is 46.6 Å². The number of ether oxygens (including phenoxy) is 1. The lowest BCUT2D eigenvalue weighted by atomic mass is 10.1. The molecule has 2 rings (SSSR count). The zero-order valence-corrected chi connectivity index (χ0v) is 16.6. The number of carbonyl (C=O) groups excluding carboxylic acids is 2. The Bertz CT molecular complexity index is 675. The maximum atomic E-state index is 12.9. The zero-order valence-electron chi connectivity index (χ0n) is 15.8. The molecular weight excluding hydrogens is 334 g/mol. The monoisotopic (exact) mass is 361 g/mol. The van der Waals surface area contributed by atoms with E-state index in [1.54, 1.807) is 0 Å². The maximum absolute atomic E-state index is 12.9. The molecule has 0 spiro atoms. The molecule has 0 radical (unpaired) electrons. The molecule has 0 saturated carbocycles. The molecule has 0 atom stereocenters. The summed E-state index contributed by atoms with van der Waals surface area (Å²) < 4.78 is 5.70. The van der Waals surface area contributed by atoms with Crippen molar-refractivity contribution in [3.05, 3.63) is 34.7 Å². The molecule has 0 bridgehead atoms. The zero-order chi connectivity index (χ0) is 18.7. The minimum absolute atomic E-state index is 0.158. The molecular formula is C20H27NO3S. The SMILES string of the molecule is CC(C)COc1ccc(C2=C(SC(C)C)C(=O)N(C(C)C)C2=O)cc1. The molecule has 1 heterocycles. The van der Waals surface area contributed by atoms with Crippen molar-refractivity contribution in [3.63, 3.8) is 0 Å². The van der Waals surface area contributed by atoms with Crippen LogP contribution in [0.15, 0.2) is 29.2 Å². The van der Waals surface area contributed by atoms with Crippen LogP contribution in [0.3, 0.4) is 0 Å². The molecule has 1 aromatic carbocycles. The average Bonchev–Trinajstić information content (AvgIpc) is 2.76. The van der Waals surface area contributed by atoms with Crippen LogP contribution in [-0.2, 0) is 9.59 Å². The molecule has 136 valence electrons. The van der Waals surface area contributed by atoms with Gasteiger partial charge in [0.1, 0.15) is 5.75 Å². The van der Waals surface area contributed by atoms with Crippen LogP contribution in [0.4, 0.5) is 0 Å². The smallest absolute Gasteiger partial charge is 0.268 e. The molecule has 4 nitrogen and oxygen atoms in total. The highest BCUT2D eigenvalue weighted by Gasteiger charge is 2.40. The van der Waals surface area contributed by atoms with Crippen molar-refractivity contribution < 1.29 is 14.3 Å². The van der Waals surface area contributed by atoms with Gasteiger partial charge in [0.15, 0.2) is 0 Å². The van der Waals surface area contributed by atoms with Gasteiger partial charge in [-0.1, -0.05) is 39.8 Å². The predicted molar refractivity (Wildman–Crippen MR) is 103 cm³/mol.